The zero-order chi connectivity index (χ0) is 24.7. The van der Waals surface area contributed by atoms with Crippen LogP contribution in [0.3, 0.4) is 0 Å². The second-order valence-electron chi connectivity index (χ2n) is 8.63. The van der Waals surface area contributed by atoms with Crippen LogP contribution in [-0.2, 0) is 12.8 Å². The zero-order valence-electron chi connectivity index (χ0n) is 20.8. The van der Waals surface area contributed by atoms with E-state index in [-0.39, 0.29) is 0 Å². The fourth-order valence-corrected chi connectivity index (χ4v) is 4.50. The normalized spacial score (nSPS) is 14.2. The van der Waals surface area contributed by atoms with E-state index in [1.807, 2.05) is 18.2 Å². The van der Waals surface area contributed by atoms with E-state index in [9.17, 15) is 9.90 Å². The lowest BCUT2D eigenvalue weighted by molar-refractivity contribution is 0.142. The van der Waals surface area contributed by atoms with E-state index >= 15 is 0 Å². The maximum absolute atomic E-state index is 11.7. The van der Waals surface area contributed by atoms with Crippen LogP contribution in [0.25, 0.3) is 0 Å². The Morgan fingerprint density at radius 1 is 0.912 bits per heavy atom. The van der Waals surface area contributed by atoms with Gasteiger partial charge in [0.2, 0.25) is 0 Å². The molecule has 1 N–H and O–H groups in total. The van der Waals surface area contributed by atoms with Crippen LogP contribution < -0.4 is 18.9 Å². The van der Waals surface area contributed by atoms with Crippen molar-refractivity contribution in [3.05, 3.63) is 47.0 Å². The van der Waals surface area contributed by atoms with Crippen LogP contribution in [0.4, 0.5) is 4.79 Å². The first-order chi connectivity index (χ1) is 16.4. The summed E-state index contributed by atoms with van der Waals surface area (Å²) in [5.74, 6) is 3.31. The fraction of sp³-hybridized carbons (Fsp3) is 0.500. The molecule has 1 aliphatic carbocycles. The number of carbonyl (C=O) groups is 1. The molecule has 0 heterocycles. The summed E-state index contributed by atoms with van der Waals surface area (Å²) < 4.78 is 21.4. The molecule has 0 fully saturated rings. The van der Waals surface area contributed by atoms with Crippen molar-refractivity contribution in [3.8, 4) is 23.0 Å². The van der Waals surface area contributed by atoms with E-state index in [1.165, 1.54) is 16.0 Å². The molecule has 0 saturated heterocycles. The lowest BCUT2D eigenvalue weighted by Gasteiger charge is -2.34. The van der Waals surface area contributed by atoms with Crippen molar-refractivity contribution in [1.29, 1.82) is 0 Å². The number of fused-ring (bicyclic) bond motifs is 1. The molecule has 186 valence electrons. The predicted octanol–water partition coefficient (Wildman–Crippen LogP) is 3.91. The highest BCUT2D eigenvalue weighted by Crippen LogP contribution is 2.42. The third-order valence-electron chi connectivity index (χ3n) is 6.44. The molecule has 8 heteroatoms. The lowest BCUT2D eigenvalue weighted by atomic mass is 9.77. The Labute approximate surface area is 202 Å². The molecule has 0 saturated carbocycles. The van der Waals surface area contributed by atoms with Crippen molar-refractivity contribution in [2.24, 2.45) is 0 Å². The molecule has 1 aliphatic rings. The van der Waals surface area contributed by atoms with Gasteiger partial charge in [0, 0.05) is 25.6 Å². The molecule has 0 aliphatic heterocycles. The number of amides is 1. The van der Waals surface area contributed by atoms with Gasteiger partial charge in [-0.05, 0) is 73.8 Å². The van der Waals surface area contributed by atoms with Gasteiger partial charge in [-0.25, -0.2) is 4.79 Å². The molecule has 3 rings (SSSR count). The van der Waals surface area contributed by atoms with Gasteiger partial charge in [-0.15, -0.1) is 0 Å². The quantitative estimate of drug-likeness (QED) is 0.473. The third kappa shape index (κ3) is 6.05. The van der Waals surface area contributed by atoms with Crippen molar-refractivity contribution in [2.75, 3.05) is 61.7 Å². The number of ether oxygens (including phenoxy) is 4. The van der Waals surface area contributed by atoms with Gasteiger partial charge in [0.1, 0.15) is 0 Å². The highest BCUT2D eigenvalue weighted by Gasteiger charge is 2.29. The summed E-state index contributed by atoms with van der Waals surface area (Å²) in [7, 11) is 8.59. The van der Waals surface area contributed by atoms with Gasteiger partial charge in [0.05, 0.1) is 28.4 Å². The van der Waals surface area contributed by atoms with Crippen LogP contribution in [0.1, 0.15) is 29.0 Å². The Bertz CT molecular complexity index is 980. The molecule has 1 amide bonds. The highest BCUT2D eigenvalue weighted by atomic mass is 16.5. The first kappa shape index (κ1) is 25.5. The minimum atomic E-state index is -0.892. The van der Waals surface area contributed by atoms with Gasteiger partial charge < -0.3 is 33.9 Å². The summed E-state index contributed by atoms with van der Waals surface area (Å²) in [6, 6.07) is 9.83. The van der Waals surface area contributed by atoms with Crippen molar-refractivity contribution >= 4 is 6.09 Å². The van der Waals surface area contributed by atoms with Gasteiger partial charge in [0.15, 0.2) is 23.0 Å². The van der Waals surface area contributed by atoms with Gasteiger partial charge in [0.25, 0.3) is 0 Å². The summed E-state index contributed by atoms with van der Waals surface area (Å²) in [4.78, 5) is 15.5. The molecule has 1 atom stereocenters. The molecular weight excluding hydrogens is 436 g/mol. The number of benzene rings is 2. The molecule has 0 aromatic heterocycles. The summed E-state index contributed by atoms with van der Waals surface area (Å²) in [5.41, 5.74) is 3.63. The Balaban J connectivity index is 1.46. The fourth-order valence-electron chi connectivity index (χ4n) is 4.50. The minimum absolute atomic E-state index is 0.437. The van der Waals surface area contributed by atoms with Gasteiger partial charge in [-0.3, -0.25) is 0 Å². The summed E-state index contributed by atoms with van der Waals surface area (Å²) >= 11 is 0. The number of likely N-dealkylation sites (N-methyl/N-ethyl adjacent to an activating group) is 1. The van der Waals surface area contributed by atoms with E-state index in [1.54, 1.807) is 28.4 Å². The number of nitrogens with zero attached hydrogens (tertiary/aromatic N) is 2. The average molecular weight is 473 g/mol. The Morgan fingerprint density at radius 2 is 1.56 bits per heavy atom. The molecule has 0 radical (unpaired) electrons. The van der Waals surface area contributed by atoms with Crippen LogP contribution in [-0.4, -0.2) is 82.7 Å². The van der Waals surface area contributed by atoms with Crippen LogP contribution in [0.2, 0.25) is 0 Å². The first-order valence-electron chi connectivity index (χ1n) is 11.5. The van der Waals surface area contributed by atoms with Gasteiger partial charge >= 0.3 is 6.09 Å². The minimum Gasteiger partial charge on any atom is -0.493 e. The van der Waals surface area contributed by atoms with E-state index in [4.69, 9.17) is 18.9 Å². The smallest absolute Gasteiger partial charge is 0.407 e. The number of methoxy groups -OCH3 is 4. The topological polar surface area (TPSA) is 80.7 Å². The Morgan fingerprint density at radius 3 is 2.21 bits per heavy atom. The number of hydrogen-bond acceptors (Lipinski definition) is 6. The Hall–Kier alpha value is -3.13. The van der Waals surface area contributed by atoms with Crippen molar-refractivity contribution in [3.63, 3.8) is 0 Å². The number of carboxylic acid groups (broad SMARTS) is 1. The molecule has 0 spiro atoms. The van der Waals surface area contributed by atoms with Crippen LogP contribution in [0, 0.1) is 0 Å². The van der Waals surface area contributed by atoms with Crippen molar-refractivity contribution in [1.82, 2.24) is 9.80 Å². The molecular formula is C26H36N2O6. The molecule has 2 aromatic rings. The zero-order valence-corrected chi connectivity index (χ0v) is 20.8. The van der Waals surface area contributed by atoms with E-state index in [0.717, 1.165) is 43.0 Å². The molecule has 0 bridgehead atoms. The first-order valence-corrected chi connectivity index (χ1v) is 11.5. The van der Waals surface area contributed by atoms with E-state index < -0.39 is 6.09 Å². The van der Waals surface area contributed by atoms with Crippen LogP contribution >= 0.6 is 0 Å². The van der Waals surface area contributed by atoms with Gasteiger partial charge in [-0.1, -0.05) is 6.07 Å². The third-order valence-corrected chi connectivity index (χ3v) is 6.44. The maximum Gasteiger partial charge on any atom is 0.407 e. The summed E-state index contributed by atoms with van der Waals surface area (Å²) in [5, 5.41) is 9.64. The largest absolute Gasteiger partial charge is 0.493 e. The standard InChI is InChI=1S/C26H36N2O6/c1-27(17-20-14-19-15-24(33-4)25(34-5)16-21(19)20)10-6-11-28(26(29)30)12-9-18-7-8-22(31-2)23(13-18)32-3/h7-8,13,15-16,20H,6,9-12,14,17H2,1-5H3,(H,29,30)/t20-/m1/s1. The molecule has 2 aromatic carbocycles. The van der Waals surface area contributed by atoms with E-state index in [0.29, 0.717) is 36.9 Å². The van der Waals surface area contributed by atoms with Gasteiger partial charge in [-0.2, -0.15) is 0 Å². The average Bonchev–Trinajstić information content (AvgIpc) is 2.83. The molecule has 0 unspecified atom stereocenters. The SMILES string of the molecule is COc1ccc(CCN(CCCN(C)C[C@H]2Cc3cc(OC)c(OC)cc32)C(=O)O)cc1OC. The monoisotopic (exact) mass is 472 g/mol. The second-order valence-corrected chi connectivity index (χ2v) is 8.63. The highest BCUT2D eigenvalue weighted by molar-refractivity contribution is 5.65. The van der Waals surface area contributed by atoms with Crippen molar-refractivity contribution < 1.29 is 28.8 Å². The lowest BCUT2D eigenvalue weighted by Crippen LogP contribution is -2.36. The summed E-state index contributed by atoms with van der Waals surface area (Å²) in [6.45, 7) is 2.70. The summed E-state index contributed by atoms with van der Waals surface area (Å²) in [6.07, 6.45) is 1.52. The number of rotatable bonds is 13. The van der Waals surface area contributed by atoms with Crippen molar-refractivity contribution in [2.45, 2.75) is 25.2 Å². The number of hydrogen-bond donors (Lipinski definition) is 1. The molecule has 34 heavy (non-hydrogen) atoms. The maximum atomic E-state index is 11.7. The second kappa shape index (κ2) is 11.8. The van der Waals surface area contributed by atoms with E-state index in [2.05, 4.69) is 24.1 Å². The predicted molar refractivity (Wildman–Crippen MR) is 131 cm³/mol. The molecule has 8 nitrogen and oxygen atoms in total. The van der Waals surface area contributed by atoms with Crippen LogP contribution in [0.5, 0.6) is 23.0 Å². The Kier molecular flexibility index (Phi) is 8.87. The van der Waals surface area contributed by atoms with Crippen LogP contribution in [0.15, 0.2) is 30.3 Å².